The SMILES string of the molecule is O=C(CSc1nnc2ccc3ccccc3n12)Nc1ccccc1. The number of carbonyl (C=O) groups excluding carboxylic acids is 1. The molecule has 2 aromatic heterocycles. The summed E-state index contributed by atoms with van der Waals surface area (Å²) in [7, 11) is 0. The van der Waals surface area contributed by atoms with Gasteiger partial charge in [0.1, 0.15) is 0 Å². The smallest absolute Gasteiger partial charge is 0.234 e. The maximum atomic E-state index is 12.1. The highest BCUT2D eigenvalue weighted by atomic mass is 32.2. The van der Waals surface area contributed by atoms with Crippen molar-refractivity contribution in [3.8, 4) is 0 Å². The van der Waals surface area contributed by atoms with Crippen LogP contribution >= 0.6 is 11.8 Å². The molecule has 2 aromatic carbocycles. The van der Waals surface area contributed by atoms with E-state index in [2.05, 4.69) is 15.5 Å². The molecule has 0 radical (unpaired) electrons. The van der Waals surface area contributed by atoms with Crippen LogP contribution in [0.5, 0.6) is 0 Å². The maximum absolute atomic E-state index is 12.1. The fourth-order valence-corrected chi connectivity index (χ4v) is 3.31. The van der Waals surface area contributed by atoms with Gasteiger partial charge in [-0.25, -0.2) is 0 Å². The van der Waals surface area contributed by atoms with E-state index in [4.69, 9.17) is 0 Å². The Bertz CT molecular complexity index is 1010. The number of carbonyl (C=O) groups is 1. The normalized spacial score (nSPS) is 11.0. The molecule has 0 saturated heterocycles. The molecule has 0 saturated carbocycles. The topological polar surface area (TPSA) is 59.3 Å². The third kappa shape index (κ3) is 2.83. The van der Waals surface area contributed by atoms with Crippen molar-refractivity contribution >= 4 is 39.9 Å². The van der Waals surface area contributed by atoms with Gasteiger partial charge in [-0.15, -0.1) is 10.2 Å². The fraction of sp³-hybridized carbons (Fsp3) is 0.0556. The number of nitrogens with zero attached hydrogens (tertiary/aromatic N) is 3. The van der Waals surface area contributed by atoms with Crippen LogP contribution in [-0.4, -0.2) is 26.3 Å². The van der Waals surface area contributed by atoms with Crippen molar-refractivity contribution in [1.82, 2.24) is 14.6 Å². The number of hydrogen-bond acceptors (Lipinski definition) is 4. The van der Waals surface area contributed by atoms with Crippen LogP contribution in [0.2, 0.25) is 0 Å². The molecule has 0 bridgehead atoms. The Morgan fingerprint density at radius 1 is 0.958 bits per heavy atom. The zero-order valence-electron chi connectivity index (χ0n) is 12.7. The molecule has 24 heavy (non-hydrogen) atoms. The zero-order chi connectivity index (χ0) is 16.4. The summed E-state index contributed by atoms with van der Waals surface area (Å²) in [5.74, 6) is 0.210. The van der Waals surface area contributed by atoms with Gasteiger partial charge in [-0.3, -0.25) is 9.20 Å². The van der Waals surface area contributed by atoms with Gasteiger partial charge < -0.3 is 5.32 Å². The van der Waals surface area contributed by atoms with E-state index in [-0.39, 0.29) is 11.7 Å². The third-order valence-electron chi connectivity index (χ3n) is 3.64. The highest BCUT2D eigenvalue weighted by molar-refractivity contribution is 7.99. The second-order valence-corrected chi connectivity index (χ2v) is 6.21. The highest BCUT2D eigenvalue weighted by Crippen LogP contribution is 2.23. The Kier molecular flexibility index (Phi) is 3.88. The lowest BCUT2D eigenvalue weighted by Crippen LogP contribution is -2.14. The number of nitrogens with one attached hydrogen (secondary N) is 1. The van der Waals surface area contributed by atoms with Gasteiger partial charge in [0.2, 0.25) is 5.91 Å². The molecular weight excluding hydrogens is 320 g/mol. The highest BCUT2D eigenvalue weighted by Gasteiger charge is 2.11. The monoisotopic (exact) mass is 334 g/mol. The van der Waals surface area contributed by atoms with E-state index < -0.39 is 0 Å². The minimum atomic E-state index is -0.0665. The molecule has 118 valence electrons. The summed E-state index contributed by atoms with van der Waals surface area (Å²) in [4.78, 5) is 12.1. The third-order valence-corrected chi connectivity index (χ3v) is 4.57. The fourth-order valence-electron chi connectivity index (χ4n) is 2.55. The Morgan fingerprint density at radius 3 is 2.62 bits per heavy atom. The standard InChI is InChI=1S/C18H14N4OS/c23-17(19-14-7-2-1-3-8-14)12-24-18-21-20-16-11-10-13-6-4-5-9-15(13)22(16)18/h1-11H,12H2,(H,19,23). The minimum absolute atomic E-state index is 0.0665. The minimum Gasteiger partial charge on any atom is -0.325 e. The molecule has 0 unspecified atom stereocenters. The summed E-state index contributed by atoms with van der Waals surface area (Å²) in [6.07, 6.45) is 0. The summed E-state index contributed by atoms with van der Waals surface area (Å²) in [5, 5.41) is 13.1. The van der Waals surface area contributed by atoms with Crippen LogP contribution in [0.4, 0.5) is 5.69 Å². The van der Waals surface area contributed by atoms with Crippen molar-refractivity contribution in [3.05, 3.63) is 66.7 Å². The number of hydrogen-bond donors (Lipinski definition) is 1. The van der Waals surface area contributed by atoms with E-state index >= 15 is 0 Å². The Labute approximate surface area is 142 Å². The van der Waals surface area contributed by atoms with Gasteiger partial charge in [-0.1, -0.05) is 48.2 Å². The molecule has 0 spiro atoms. The van der Waals surface area contributed by atoms with Gasteiger partial charge in [0.15, 0.2) is 10.8 Å². The summed E-state index contributed by atoms with van der Waals surface area (Å²) < 4.78 is 1.98. The molecule has 5 nitrogen and oxygen atoms in total. The van der Waals surface area contributed by atoms with Crippen molar-refractivity contribution in [2.75, 3.05) is 11.1 Å². The number of anilines is 1. The molecule has 1 N–H and O–H groups in total. The van der Waals surface area contributed by atoms with Crippen molar-refractivity contribution in [3.63, 3.8) is 0 Å². The molecular formula is C18H14N4OS. The molecule has 0 aliphatic heterocycles. The van der Waals surface area contributed by atoms with Crippen LogP contribution in [0.1, 0.15) is 0 Å². The first-order valence-electron chi connectivity index (χ1n) is 7.52. The maximum Gasteiger partial charge on any atom is 0.234 e. The van der Waals surface area contributed by atoms with E-state index in [1.165, 1.54) is 11.8 Å². The van der Waals surface area contributed by atoms with E-state index in [0.29, 0.717) is 5.16 Å². The molecule has 0 aliphatic carbocycles. The number of fused-ring (bicyclic) bond motifs is 3. The Morgan fingerprint density at radius 2 is 1.75 bits per heavy atom. The van der Waals surface area contributed by atoms with Gasteiger partial charge in [0.25, 0.3) is 0 Å². The van der Waals surface area contributed by atoms with Crippen LogP contribution in [0.3, 0.4) is 0 Å². The van der Waals surface area contributed by atoms with Gasteiger partial charge >= 0.3 is 0 Å². The summed E-state index contributed by atoms with van der Waals surface area (Å²) in [5.41, 5.74) is 2.60. The predicted molar refractivity (Wildman–Crippen MR) is 96.3 cm³/mol. The Hall–Kier alpha value is -2.86. The predicted octanol–water partition coefficient (Wildman–Crippen LogP) is 3.61. The van der Waals surface area contributed by atoms with Gasteiger partial charge in [-0.05, 0) is 35.7 Å². The average molecular weight is 334 g/mol. The van der Waals surface area contributed by atoms with E-state index in [9.17, 15) is 4.79 Å². The molecule has 0 fully saturated rings. The number of para-hydroxylation sites is 2. The van der Waals surface area contributed by atoms with Crippen LogP contribution in [0, 0.1) is 0 Å². The first-order valence-corrected chi connectivity index (χ1v) is 8.50. The van der Waals surface area contributed by atoms with Crippen molar-refractivity contribution in [1.29, 1.82) is 0 Å². The molecule has 1 amide bonds. The lowest BCUT2D eigenvalue weighted by atomic mass is 10.2. The molecule has 2 heterocycles. The Balaban J connectivity index is 1.56. The largest absolute Gasteiger partial charge is 0.325 e. The number of thioether (sulfide) groups is 1. The second kappa shape index (κ2) is 6.33. The molecule has 4 rings (SSSR count). The summed E-state index contributed by atoms with van der Waals surface area (Å²) >= 11 is 1.38. The number of amides is 1. The number of benzene rings is 2. The van der Waals surface area contributed by atoms with Crippen LogP contribution in [-0.2, 0) is 4.79 Å². The van der Waals surface area contributed by atoms with Crippen molar-refractivity contribution in [2.24, 2.45) is 0 Å². The summed E-state index contributed by atoms with van der Waals surface area (Å²) in [6.45, 7) is 0. The van der Waals surface area contributed by atoms with Gasteiger partial charge in [0.05, 0.1) is 11.3 Å². The lowest BCUT2D eigenvalue weighted by molar-refractivity contribution is -0.113. The van der Waals surface area contributed by atoms with Gasteiger partial charge in [-0.2, -0.15) is 0 Å². The van der Waals surface area contributed by atoms with Crippen molar-refractivity contribution in [2.45, 2.75) is 5.16 Å². The van der Waals surface area contributed by atoms with E-state index in [1.807, 2.05) is 71.1 Å². The van der Waals surface area contributed by atoms with E-state index in [1.54, 1.807) is 0 Å². The zero-order valence-corrected chi connectivity index (χ0v) is 13.5. The van der Waals surface area contributed by atoms with Crippen LogP contribution < -0.4 is 5.32 Å². The molecule has 0 aliphatic rings. The van der Waals surface area contributed by atoms with Crippen molar-refractivity contribution < 1.29 is 4.79 Å². The molecule has 6 heteroatoms. The number of aromatic nitrogens is 3. The lowest BCUT2D eigenvalue weighted by Gasteiger charge is -2.05. The van der Waals surface area contributed by atoms with Crippen LogP contribution in [0.25, 0.3) is 16.6 Å². The van der Waals surface area contributed by atoms with Crippen LogP contribution in [0.15, 0.2) is 71.9 Å². The second-order valence-electron chi connectivity index (χ2n) is 5.27. The number of rotatable bonds is 4. The molecule has 4 aromatic rings. The summed E-state index contributed by atoms with van der Waals surface area (Å²) in [6, 6.07) is 21.4. The quantitative estimate of drug-likeness (QED) is 0.579. The van der Waals surface area contributed by atoms with Gasteiger partial charge in [0, 0.05) is 5.69 Å². The average Bonchev–Trinajstić information content (AvgIpc) is 3.04. The number of pyridine rings is 1. The van der Waals surface area contributed by atoms with E-state index in [0.717, 1.165) is 22.2 Å². The first kappa shape index (κ1) is 14.7. The first-order chi connectivity index (χ1) is 11.8. The molecule has 0 atom stereocenters.